The van der Waals surface area contributed by atoms with Crippen LogP contribution in [0, 0.1) is 13.8 Å². The van der Waals surface area contributed by atoms with E-state index in [0.717, 1.165) is 15.6 Å². The third-order valence-corrected chi connectivity index (χ3v) is 3.69. The second-order valence-electron chi connectivity index (χ2n) is 5.12. The molecule has 2 rings (SSSR count). The predicted octanol–water partition coefficient (Wildman–Crippen LogP) is 4.56. The molecule has 2 aromatic carbocycles. The highest BCUT2D eigenvalue weighted by molar-refractivity contribution is 9.10. The third-order valence-electron chi connectivity index (χ3n) is 3.23. The Kier molecular flexibility index (Phi) is 4.61. The maximum Gasteiger partial charge on any atom is 0.251 e. The molecule has 0 saturated carbocycles. The predicted molar refractivity (Wildman–Crippen MR) is 85.9 cm³/mol. The number of hydrogen-bond donors (Lipinski definition) is 1. The van der Waals surface area contributed by atoms with E-state index < -0.39 is 0 Å². The monoisotopic (exact) mass is 331 g/mol. The van der Waals surface area contributed by atoms with Gasteiger partial charge in [0, 0.05) is 10.0 Å². The number of carbonyl (C=O) groups is 1. The van der Waals surface area contributed by atoms with E-state index in [1.807, 2.05) is 44.2 Å². The number of carbonyl (C=O) groups excluding carboxylic acids is 1. The molecule has 0 aromatic heterocycles. The Morgan fingerprint density at radius 1 is 1.05 bits per heavy atom. The Balaban J connectivity index is 2.12. The van der Waals surface area contributed by atoms with Gasteiger partial charge in [-0.25, -0.2) is 0 Å². The van der Waals surface area contributed by atoms with Crippen molar-refractivity contribution in [3.05, 3.63) is 69.2 Å². The van der Waals surface area contributed by atoms with E-state index in [1.54, 1.807) is 0 Å². The summed E-state index contributed by atoms with van der Waals surface area (Å²) in [6.07, 6.45) is 0. The maximum atomic E-state index is 12.3. The van der Waals surface area contributed by atoms with Crippen LogP contribution in [0.1, 0.15) is 40.0 Å². The number of aryl methyl sites for hydroxylation is 2. The Morgan fingerprint density at radius 3 is 2.30 bits per heavy atom. The van der Waals surface area contributed by atoms with Gasteiger partial charge in [-0.2, -0.15) is 0 Å². The number of rotatable bonds is 3. The molecular formula is C17H18BrNO. The highest BCUT2D eigenvalue weighted by Gasteiger charge is 2.12. The summed E-state index contributed by atoms with van der Waals surface area (Å²) in [5.41, 5.74) is 4.06. The maximum absolute atomic E-state index is 12.3. The van der Waals surface area contributed by atoms with E-state index in [1.165, 1.54) is 5.56 Å². The Morgan fingerprint density at radius 2 is 1.70 bits per heavy atom. The van der Waals surface area contributed by atoms with Crippen LogP contribution in [0.15, 0.2) is 46.9 Å². The molecule has 1 N–H and O–H groups in total. The number of hydrogen-bond acceptors (Lipinski definition) is 1. The second-order valence-corrected chi connectivity index (χ2v) is 6.04. The molecule has 0 aliphatic heterocycles. The van der Waals surface area contributed by atoms with Crippen molar-refractivity contribution >= 4 is 21.8 Å². The van der Waals surface area contributed by atoms with Gasteiger partial charge in [-0.1, -0.05) is 45.8 Å². The first-order chi connectivity index (χ1) is 9.45. The molecule has 0 aliphatic carbocycles. The average Bonchev–Trinajstić information content (AvgIpc) is 2.38. The van der Waals surface area contributed by atoms with Crippen LogP contribution in [0.4, 0.5) is 0 Å². The summed E-state index contributed by atoms with van der Waals surface area (Å²) >= 11 is 3.42. The van der Waals surface area contributed by atoms with Gasteiger partial charge in [-0.15, -0.1) is 0 Å². The number of halogens is 1. The van der Waals surface area contributed by atoms with E-state index in [-0.39, 0.29) is 11.9 Å². The van der Waals surface area contributed by atoms with Gasteiger partial charge in [0.05, 0.1) is 6.04 Å². The van der Waals surface area contributed by atoms with Crippen molar-refractivity contribution in [3.8, 4) is 0 Å². The Hall–Kier alpha value is -1.61. The molecule has 0 heterocycles. The van der Waals surface area contributed by atoms with Crippen LogP contribution in [-0.2, 0) is 0 Å². The van der Waals surface area contributed by atoms with Gasteiger partial charge in [0.25, 0.3) is 5.91 Å². The molecule has 0 fully saturated rings. The third kappa shape index (κ3) is 3.70. The Labute approximate surface area is 128 Å². The van der Waals surface area contributed by atoms with Crippen molar-refractivity contribution in [3.63, 3.8) is 0 Å². The Bertz CT molecular complexity index is 599. The topological polar surface area (TPSA) is 29.1 Å². The minimum Gasteiger partial charge on any atom is -0.346 e. The summed E-state index contributed by atoms with van der Waals surface area (Å²) in [6.45, 7) is 6.02. The van der Waals surface area contributed by atoms with Crippen LogP contribution in [-0.4, -0.2) is 5.91 Å². The summed E-state index contributed by atoms with van der Waals surface area (Å²) in [7, 11) is 0. The molecule has 0 radical (unpaired) electrons. The van der Waals surface area contributed by atoms with E-state index in [9.17, 15) is 4.79 Å². The zero-order valence-corrected chi connectivity index (χ0v) is 13.5. The second kappa shape index (κ2) is 6.23. The SMILES string of the molecule is Cc1ccc(C(C)NC(=O)c2cc(C)cc(Br)c2)cc1. The lowest BCUT2D eigenvalue weighted by atomic mass is 10.1. The van der Waals surface area contributed by atoms with Crippen molar-refractivity contribution in [2.24, 2.45) is 0 Å². The van der Waals surface area contributed by atoms with Gasteiger partial charge in [0.15, 0.2) is 0 Å². The fourth-order valence-corrected chi connectivity index (χ4v) is 2.69. The number of amides is 1. The largest absolute Gasteiger partial charge is 0.346 e. The molecule has 1 atom stereocenters. The van der Waals surface area contributed by atoms with Gasteiger partial charge in [0.2, 0.25) is 0 Å². The van der Waals surface area contributed by atoms with Gasteiger partial charge >= 0.3 is 0 Å². The van der Waals surface area contributed by atoms with E-state index in [2.05, 4.69) is 40.3 Å². The zero-order valence-electron chi connectivity index (χ0n) is 11.9. The number of benzene rings is 2. The van der Waals surface area contributed by atoms with Crippen molar-refractivity contribution in [1.29, 1.82) is 0 Å². The minimum atomic E-state index is -0.0533. The molecule has 2 nitrogen and oxygen atoms in total. The fourth-order valence-electron chi connectivity index (χ4n) is 2.09. The van der Waals surface area contributed by atoms with Crippen molar-refractivity contribution in [1.82, 2.24) is 5.32 Å². The normalized spacial score (nSPS) is 12.0. The zero-order chi connectivity index (χ0) is 14.7. The lowest BCUT2D eigenvalue weighted by Gasteiger charge is -2.15. The van der Waals surface area contributed by atoms with Gasteiger partial charge in [0.1, 0.15) is 0 Å². The van der Waals surface area contributed by atoms with Crippen molar-refractivity contribution in [2.45, 2.75) is 26.8 Å². The molecule has 3 heteroatoms. The lowest BCUT2D eigenvalue weighted by molar-refractivity contribution is 0.0939. The van der Waals surface area contributed by atoms with Crippen LogP contribution in [0.5, 0.6) is 0 Å². The molecule has 0 bridgehead atoms. The van der Waals surface area contributed by atoms with Crippen LogP contribution >= 0.6 is 15.9 Å². The molecule has 0 spiro atoms. The minimum absolute atomic E-state index is 0.0117. The van der Waals surface area contributed by atoms with Crippen LogP contribution in [0.2, 0.25) is 0 Å². The summed E-state index contributed by atoms with van der Waals surface area (Å²) in [6, 6.07) is 13.9. The molecular weight excluding hydrogens is 314 g/mol. The molecule has 2 aromatic rings. The molecule has 1 amide bonds. The van der Waals surface area contributed by atoms with Crippen LogP contribution in [0.25, 0.3) is 0 Å². The molecule has 104 valence electrons. The highest BCUT2D eigenvalue weighted by atomic mass is 79.9. The van der Waals surface area contributed by atoms with Crippen LogP contribution < -0.4 is 5.32 Å². The van der Waals surface area contributed by atoms with Gasteiger partial charge in [-0.3, -0.25) is 4.79 Å². The number of nitrogens with one attached hydrogen (secondary N) is 1. The lowest BCUT2D eigenvalue weighted by Crippen LogP contribution is -2.26. The molecule has 0 saturated heterocycles. The first-order valence-electron chi connectivity index (χ1n) is 6.60. The average molecular weight is 332 g/mol. The van der Waals surface area contributed by atoms with Crippen molar-refractivity contribution in [2.75, 3.05) is 0 Å². The summed E-state index contributed by atoms with van der Waals surface area (Å²) in [4.78, 5) is 12.3. The molecule has 20 heavy (non-hydrogen) atoms. The molecule has 0 aliphatic rings. The molecule has 1 unspecified atom stereocenters. The summed E-state index contributed by atoms with van der Waals surface area (Å²) in [5, 5.41) is 3.03. The quantitative estimate of drug-likeness (QED) is 0.877. The van der Waals surface area contributed by atoms with Gasteiger partial charge < -0.3 is 5.32 Å². The van der Waals surface area contributed by atoms with Crippen molar-refractivity contribution < 1.29 is 4.79 Å². The standard InChI is InChI=1S/C17H18BrNO/c1-11-4-6-14(7-5-11)13(3)19-17(20)15-8-12(2)9-16(18)10-15/h4-10,13H,1-3H3,(H,19,20). The van der Waals surface area contributed by atoms with Gasteiger partial charge in [-0.05, 0) is 50.1 Å². The summed E-state index contributed by atoms with van der Waals surface area (Å²) < 4.78 is 0.922. The smallest absolute Gasteiger partial charge is 0.251 e. The first kappa shape index (κ1) is 14.8. The van der Waals surface area contributed by atoms with E-state index >= 15 is 0 Å². The van der Waals surface area contributed by atoms with E-state index in [0.29, 0.717) is 5.56 Å². The first-order valence-corrected chi connectivity index (χ1v) is 7.39. The summed E-state index contributed by atoms with van der Waals surface area (Å²) in [5.74, 6) is -0.0533. The van der Waals surface area contributed by atoms with E-state index in [4.69, 9.17) is 0 Å². The highest BCUT2D eigenvalue weighted by Crippen LogP contribution is 2.17. The van der Waals surface area contributed by atoms with Crippen LogP contribution in [0.3, 0.4) is 0 Å². The fraction of sp³-hybridized carbons (Fsp3) is 0.235.